The van der Waals surface area contributed by atoms with E-state index in [1.807, 2.05) is 31.2 Å². The summed E-state index contributed by atoms with van der Waals surface area (Å²) in [6.07, 6.45) is 0. The van der Waals surface area contributed by atoms with Gasteiger partial charge in [-0.05, 0) is 73.5 Å². The standard InChI is InChI=1S/C33H26FN3O5S2/c1-19-4-3-5-22(16-19)17-41-25-13-9-23(10-14-25)29(38)27-28(26-15-6-20(2)42-26)37(31(40)30(27)39)32-35-36-33(44-32)43-18-21-7-11-24(34)12-8-21/h3-16,28,38H,17-18H2,1-2H3/b29-27+. The molecule has 1 fully saturated rings. The minimum Gasteiger partial charge on any atom is -0.507 e. The van der Waals surface area contributed by atoms with E-state index in [1.165, 1.54) is 28.8 Å². The Kier molecular flexibility index (Phi) is 8.32. The summed E-state index contributed by atoms with van der Waals surface area (Å²) in [5, 5.41) is 20.0. The number of anilines is 1. The maximum atomic E-state index is 13.4. The number of ketones is 1. The average molecular weight is 628 g/mol. The van der Waals surface area contributed by atoms with E-state index in [4.69, 9.17) is 9.15 Å². The summed E-state index contributed by atoms with van der Waals surface area (Å²) in [5.41, 5.74) is 3.28. The monoisotopic (exact) mass is 627 g/mol. The van der Waals surface area contributed by atoms with E-state index in [1.54, 1.807) is 55.5 Å². The number of rotatable bonds is 9. The normalized spacial score (nSPS) is 16.1. The molecule has 0 bridgehead atoms. The summed E-state index contributed by atoms with van der Waals surface area (Å²) in [4.78, 5) is 28.1. The SMILES string of the molecule is Cc1cccc(COc2ccc(/C(O)=C3\C(=O)C(=O)N(c4nnc(SCc5ccc(F)cc5)s4)C3c3ccc(C)o3)cc2)c1. The molecule has 1 unspecified atom stereocenters. The van der Waals surface area contributed by atoms with E-state index in [0.29, 0.717) is 39.5 Å². The summed E-state index contributed by atoms with van der Waals surface area (Å²) >= 11 is 2.51. The van der Waals surface area contributed by atoms with Crippen molar-refractivity contribution < 1.29 is 28.2 Å². The fourth-order valence-electron chi connectivity index (χ4n) is 4.82. The van der Waals surface area contributed by atoms with Crippen LogP contribution in [0.1, 0.15) is 39.8 Å². The predicted molar refractivity (Wildman–Crippen MR) is 166 cm³/mol. The second kappa shape index (κ2) is 12.5. The fraction of sp³-hybridized carbons (Fsp3) is 0.152. The van der Waals surface area contributed by atoms with Crippen LogP contribution in [0.15, 0.2) is 99.3 Å². The molecule has 2 aromatic heterocycles. The van der Waals surface area contributed by atoms with E-state index in [9.17, 15) is 19.1 Å². The van der Waals surface area contributed by atoms with Gasteiger partial charge in [-0.2, -0.15) is 0 Å². The molecule has 3 aromatic carbocycles. The van der Waals surface area contributed by atoms with Crippen LogP contribution in [0, 0.1) is 19.7 Å². The van der Waals surface area contributed by atoms with Crippen LogP contribution in [0.25, 0.3) is 5.76 Å². The zero-order valence-electron chi connectivity index (χ0n) is 23.7. The number of aliphatic hydroxyl groups excluding tert-OH is 1. The molecule has 222 valence electrons. The lowest BCUT2D eigenvalue weighted by Crippen LogP contribution is -2.29. The van der Waals surface area contributed by atoms with Gasteiger partial charge in [-0.1, -0.05) is 65.1 Å². The Hall–Kier alpha value is -4.74. The molecule has 1 aliphatic rings. The number of hydrogen-bond donors (Lipinski definition) is 1. The lowest BCUT2D eigenvalue weighted by Gasteiger charge is -2.20. The molecule has 11 heteroatoms. The van der Waals surface area contributed by atoms with E-state index in [2.05, 4.69) is 10.2 Å². The average Bonchev–Trinajstić information content (AvgIpc) is 3.73. The molecule has 44 heavy (non-hydrogen) atoms. The van der Waals surface area contributed by atoms with Gasteiger partial charge >= 0.3 is 5.91 Å². The molecule has 5 aromatic rings. The first kappa shape index (κ1) is 29.3. The van der Waals surface area contributed by atoms with Gasteiger partial charge in [-0.15, -0.1) is 10.2 Å². The van der Waals surface area contributed by atoms with Crippen molar-refractivity contribution in [3.05, 3.63) is 130 Å². The minimum atomic E-state index is -1.05. The molecule has 0 saturated carbocycles. The van der Waals surface area contributed by atoms with Crippen LogP contribution in [-0.4, -0.2) is 27.0 Å². The van der Waals surface area contributed by atoms with Crippen LogP contribution in [0.3, 0.4) is 0 Å². The Balaban J connectivity index is 1.27. The van der Waals surface area contributed by atoms with Crippen LogP contribution in [0.2, 0.25) is 0 Å². The van der Waals surface area contributed by atoms with Crippen LogP contribution < -0.4 is 9.64 Å². The third-order valence-corrected chi connectivity index (χ3v) is 9.10. The number of hydrogen-bond acceptors (Lipinski definition) is 9. The molecule has 3 heterocycles. The number of ether oxygens (including phenoxy) is 1. The molecule has 0 aliphatic carbocycles. The van der Waals surface area contributed by atoms with E-state index < -0.39 is 17.7 Å². The molecule has 6 rings (SSSR count). The van der Waals surface area contributed by atoms with E-state index in [0.717, 1.165) is 28.0 Å². The van der Waals surface area contributed by atoms with Crippen LogP contribution in [0.5, 0.6) is 5.75 Å². The van der Waals surface area contributed by atoms with Crippen molar-refractivity contribution in [3.8, 4) is 5.75 Å². The van der Waals surface area contributed by atoms with Gasteiger partial charge in [0.1, 0.15) is 41.5 Å². The van der Waals surface area contributed by atoms with Crippen LogP contribution in [-0.2, 0) is 21.9 Å². The first-order valence-electron chi connectivity index (χ1n) is 13.6. The number of nitrogens with zero attached hydrogens (tertiary/aromatic N) is 3. The fourth-order valence-corrected chi connectivity index (χ4v) is 6.64. The number of aryl methyl sites for hydroxylation is 2. The van der Waals surface area contributed by atoms with Crippen molar-refractivity contribution in [3.63, 3.8) is 0 Å². The van der Waals surface area contributed by atoms with Gasteiger partial charge < -0.3 is 14.3 Å². The molecular formula is C33H26FN3O5S2. The highest BCUT2D eigenvalue weighted by Gasteiger charge is 2.49. The van der Waals surface area contributed by atoms with Crippen molar-refractivity contribution >= 4 is 45.7 Å². The zero-order chi connectivity index (χ0) is 30.8. The number of Topliss-reactive ketones (excluding diaryl/α,β-unsaturated/α-hetero) is 1. The summed E-state index contributed by atoms with van der Waals surface area (Å²) in [6, 6.07) is 23.1. The van der Waals surface area contributed by atoms with Crippen molar-refractivity contribution in [1.82, 2.24) is 10.2 Å². The first-order chi connectivity index (χ1) is 21.3. The smallest absolute Gasteiger partial charge is 0.302 e. The van der Waals surface area contributed by atoms with Crippen molar-refractivity contribution in [2.45, 2.75) is 36.6 Å². The predicted octanol–water partition coefficient (Wildman–Crippen LogP) is 7.38. The maximum Gasteiger partial charge on any atom is 0.302 e. The maximum absolute atomic E-state index is 13.4. The number of aliphatic hydroxyl groups is 1. The Bertz CT molecular complexity index is 1860. The summed E-state index contributed by atoms with van der Waals surface area (Å²) in [5.74, 6) is -0.397. The number of aromatic nitrogens is 2. The third kappa shape index (κ3) is 6.15. The molecular weight excluding hydrogens is 602 g/mol. The highest BCUT2D eigenvalue weighted by molar-refractivity contribution is 8.00. The Morgan fingerprint density at radius 3 is 2.48 bits per heavy atom. The van der Waals surface area contributed by atoms with Crippen LogP contribution >= 0.6 is 23.1 Å². The first-order valence-corrected chi connectivity index (χ1v) is 15.4. The number of thioether (sulfide) groups is 1. The van der Waals surface area contributed by atoms with Gasteiger partial charge in [-0.25, -0.2) is 4.39 Å². The largest absolute Gasteiger partial charge is 0.507 e. The van der Waals surface area contributed by atoms with Crippen molar-refractivity contribution in [1.29, 1.82) is 0 Å². The molecule has 0 spiro atoms. The quantitative estimate of drug-likeness (QED) is 0.0593. The number of halogens is 1. The van der Waals surface area contributed by atoms with Crippen LogP contribution in [0.4, 0.5) is 9.52 Å². The summed E-state index contributed by atoms with van der Waals surface area (Å²) < 4.78 is 25.6. The van der Waals surface area contributed by atoms with E-state index in [-0.39, 0.29) is 22.3 Å². The minimum absolute atomic E-state index is 0.117. The molecule has 8 nitrogen and oxygen atoms in total. The van der Waals surface area contributed by atoms with Gasteiger partial charge in [0, 0.05) is 11.3 Å². The van der Waals surface area contributed by atoms with Gasteiger partial charge in [0.2, 0.25) is 5.13 Å². The molecule has 1 aliphatic heterocycles. The Morgan fingerprint density at radius 2 is 1.77 bits per heavy atom. The molecule has 0 radical (unpaired) electrons. The highest BCUT2D eigenvalue weighted by atomic mass is 32.2. The number of benzene rings is 3. The molecule has 1 saturated heterocycles. The summed E-state index contributed by atoms with van der Waals surface area (Å²) in [6.45, 7) is 4.14. The lowest BCUT2D eigenvalue weighted by atomic mass is 9.99. The number of carbonyl (C=O) groups excluding carboxylic acids is 2. The number of furan rings is 1. The molecule has 1 atom stereocenters. The topological polar surface area (TPSA) is 106 Å². The molecule has 1 amide bonds. The van der Waals surface area contributed by atoms with Gasteiger partial charge in [0.25, 0.3) is 5.78 Å². The van der Waals surface area contributed by atoms with Gasteiger partial charge in [-0.3, -0.25) is 14.5 Å². The second-order valence-electron chi connectivity index (χ2n) is 10.2. The van der Waals surface area contributed by atoms with E-state index >= 15 is 0 Å². The van der Waals surface area contributed by atoms with Crippen molar-refractivity contribution in [2.75, 3.05) is 4.90 Å². The Morgan fingerprint density at radius 1 is 1.00 bits per heavy atom. The molecule has 1 N–H and O–H groups in total. The summed E-state index contributed by atoms with van der Waals surface area (Å²) in [7, 11) is 0. The number of amides is 1. The Labute approximate surface area is 260 Å². The van der Waals surface area contributed by atoms with Crippen molar-refractivity contribution in [2.24, 2.45) is 0 Å². The van der Waals surface area contributed by atoms with Gasteiger partial charge in [0.05, 0.1) is 5.57 Å². The third-order valence-electron chi connectivity index (χ3n) is 6.97. The van der Waals surface area contributed by atoms with Gasteiger partial charge in [0.15, 0.2) is 4.34 Å². The highest BCUT2D eigenvalue weighted by Crippen LogP contribution is 2.44. The zero-order valence-corrected chi connectivity index (χ0v) is 25.3. The second-order valence-corrected chi connectivity index (χ2v) is 12.4. The number of carbonyl (C=O) groups is 2. The lowest BCUT2D eigenvalue weighted by molar-refractivity contribution is -0.132.